The van der Waals surface area contributed by atoms with Gasteiger partial charge in [0.25, 0.3) is 0 Å². The summed E-state index contributed by atoms with van der Waals surface area (Å²) in [5, 5.41) is 3.45. The molecule has 0 unspecified atom stereocenters. The molecule has 160 valence electrons. The lowest BCUT2D eigenvalue weighted by atomic mass is 9.96. The molecule has 2 heterocycles. The third-order valence-corrected chi connectivity index (χ3v) is 5.65. The summed E-state index contributed by atoms with van der Waals surface area (Å²) < 4.78 is 3.21. The van der Waals surface area contributed by atoms with E-state index < -0.39 is 0 Å². The second-order valence-corrected chi connectivity index (χ2v) is 8.23. The van der Waals surface area contributed by atoms with Gasteiger partial charge >= 0.3 is 0 Å². The van der Waals surface area contributed by atoms with Crippen LogP contribution in [0.15, 0.2) is 21.7 Å². The average Bonchev–Trinajstić information content (AvgIpc) is 2.95. The molecule has 1 aromatic heterocycles. The summed E-state index contributed by atoms with van der Waals surface area (Å²) in [4.78, 5) is 20.2. The van der Waals surface area contributed by atoms with Crippen molar-refractivity contribution in [2.24, 2.45) is 23.7 Å². The number of carbonyl (C=O) groups excluding carboxylic acids is 1. The quantitative estimate of drug-likeness (QED) is 0.218. The highest BCUT2D eigenvalue weighted by atomic mass is 127. The number of nitrogens with two attached hydrogens (primary N) is 1. The zero-order chi connectivity index (χ0) is 19.8. The van der Waals surface area contributed by atoms with Gasteiger partial charge in [0, 0.05) is 50.0 Å². The maximum absolute atomic E-state index is 11.2. The third-order valence-electron chi connectivity index (χ3n) is 5.22. The number of nitrogens with zero attached hydrogens (tertiary/aromatic N) is 4. The van der Waals surface area contributed by atoms with E-state index in [-0.39, 0.29) is 35.8 Å². The second-order valence-electron chi connectivity index (χ2n) is 7.32. The fourth-order valence-electron chi connectivity index (χ4n) is 3.53. The molecule has 3 N–H and O–H groups in total. The number of guanidine groups is 1. The Hall–Kier alpha value is -0.810. The molecule has 0 atom stereocenters. The van der Waals surface area contributed by atoms with Crippen LogP contribution in [0.3, 0.4) is 0 Å². The fourth-order valence-corrected chi connectivity index (χ4v) is 4.10. The number of piperidine rings is 1. The van der Waals surface area contributed by atoms with E-state index in [0.717, 1.165) is 68.8 Å². The lowest BCUT2D eigenvalue weighted by Crippen LogP contribution is -2.40. The summed E-state index contributed by atoms with van der Waals surface area (Å²) in [6.07, 6.45) is 6.10. The van der Waals surface area contributed by atoms with Gasteiger partial charge in [0.2, 0.25) is 5.91 Å². The van der Waals surface area contributed by atoms with Crippen LogP contribution in [0.25, 0.3) is 0 Å². The van der Waals surface area contributed by atoms with Crippen molar-refractivity contribution >= 4 is 51.8 Å². The molecule has 0 bridgehead atoms. The molecule has 0 aromatic carbocycles. The molecule has 2 rings (SSSR count). The van der Waals surface area contributed by atoms with E-state index in [9.17, 15) is 4.79 Å². The zero-order valence-corrected chi connectivity index (χ0v) is 21.1. The van der Waals surface area contributed by atoms with Gasteiger partial charge in [-0.2, -0.15) is 0 Å². The first-order chi connectivity index (χ1) is 12.9. The third kappa shape index (κ3) is 7.90. The van der Waals surface area contributed by atoms with E-state index in [1.165, 1.54) is 5.69 Å². The normalized spacial score (nSPS) is 15.9. The number of carbonyl (C=O) groups is 1. The monoisotopic (exact) mass is 568 g/mol. The Morgan fingerprint density at radius 3 is 2.61 bits per heavy atom. The number of aromatic nitrogens is 1. The molecule has 1 amide bonds. The van der Waals surface area contributed by atoms with Crippen molar-refractivity contribution in [3.8, 4) is 0 Å². The first-order valence-electron chi connectivity index (χ1n) is 9.65. The van der Waals surface area contributed by atoms with Gasteiger partial charge in [-0.3, -0.25) is 9.79 Å². The van der Waals surface area contributed by atoms with E-state index in [1.807, 2.05) is 7.05 Å². The number of nitrogens with one attached hydrogen (secondary N) is 1. The van der Waals surface area contributed by atoms with Crippen LogP contribution in [-0.2, 0) is 18.4 Å². The molecule has 1 fully saturated rings. The minimum atomic E-state index is -0.142. The van der Waals surface area contributed by atoms with Gasteiger partial charge in [-0.15, -0.1) is 24.0 Å². The summed E-state index contributed by atoms with van der Waals surface area (Å²) in [6.45, 7) is 4.76. The number of aliphatic imine (C=N–C) groups is 1. The number of halogens is 2. The Kier molecular flexibility index (Phi) is 11.4. The van der Waals surface area contributed by atoms with Crippen LogP contribution in [0.2, 0.25) is 0 Å². The first-order valence-corrected chi connectivity index (χ1v) is 10.4. The molecular formula is C19H34BrIN6O. The van der Waals surface area contributed by atoms with Gasteiger partial charge in [-0.1, -0.05) is 0 Å². The molecule has 1 saturated heterocycles. The average molecular weight is 569 g/mol. The molecule has 1 aliphatic heterocycles. The van der Waals surface area contributed by atoms with Crippen molar-refractivity contribution in [2.45, 2.75) is 32.2 Å². The van der Waals surface area contributed by atoms with E-state index >= 15 is 0 Å². The molecule has 1 aliphatic rings. The van der Waals surface area contributed by atoms with Crippen LogP contribution in [0.5, 0.6) is 0 Å². The number of hydrogen-bond acceptors (Lipinski definition) is 3. The second kappa shape index (κ2) is 12.7. The van der Waals surface area contributed by atoms with Gasteiger partial charge in [0.15, 0.2) is 5.96 Å². The first kappa shape index (κ1) is 25.2. The maximum Gasteiger partial charge on any atom is 0.220 e. The number of primary amides is 1. The van der Waals surface area contributed by atoms with Crippen LogP contribution in [0.1, 0.15) is 31.4 Å². The molecular weight excluding hydrogens is 535 g/mol. The SMILES string of the molecule is CN=C(NCCCCN1CCC(C(N)=O)CC1)N(C)Cc1cc(Br)cn1C.I. The summed E-state index contributed by atoms with van der Waals surface area (Å²) in [6, 6.07) is 2.13. The molecule has 9 heteroatoms. The number of aryl methyl sites for hydroxylation is 1. The standard InChI is InChI=1S/C19H33BrN6O.HI/c1-22-19(25(3)14-17-12-16(20)13-24(17)2)23-8-4-5-9-26-10-6-15(7-11-26)18(21)27;/h12-13,15H,4-11,14H2,1-3H3,(H2,21,27)(H,22,23);1H. The van der Waals surface area contributed by atoms with E-state index in [2.05, 4.69) is 67.0 Å². The summed E-state index contributed by atoms with van der Waals surface area (Å²) >= 11 is 3.52. The molecule has 0 saturated carbocycles. The van der Waals surface area contributed by atoms with Crippen LogP contribution in [0, 0.1) is 5.92 Å². The zero-order valence-electron chi connectivity index (χ0n) is 17.2. The number of unbranched alkanes of at least 4 members (excludes halogenated alkanes) is 1. The van der Waals surface area contributed by atoms with Crippen LogP contribution in [0.4, 0.5) is 0 Å². The van der Waals surface area contributed by atoms with E-state index in [4.69, 9.17) is 5.73 Å². The van der Waals surface area contributed by atoms with Gasteiger partial charge in [0.05, 0.1) is 6.54 Å². The minimum absolute atomic E-state index is 0. The molecule has 0 radical (unpaired) electrons. The van der Waals surface area contributed by atoms with Crippen molar-refractivity contribution < 1.29 is 4.79 Å². The van der Waals surface area contributed by atoms with Crippen LogP contribution < -0.4 is 11.1 Å². The smallest absolute Gasteiger partial charge is 0.220 e. The topological polar surface area (TPSA) is 78.9 Å². The van der Waals surface area contributed by atoms with Crippen molar-refractivity contribution in [3.05, 3.63) is 22.4 Å². The largest absolute Gasteiger partial charge is 0.369 e. The predicted octanol–water partition coefficient (Wildman–Crippen LogP) is 2.39. The lowest BCUT2D eigenvalue weighted by Gasteiger charge is -2.30. The Labute approximate surface area is 194 Å². The highest BCUT2D eigenvalue weighted by Crippen LogP contribution is 2.17. The molecule has 0 aliphatic carbocycles. The highest BCUT2D eigenvalue weighted by Gasteiger charge is 2.22. The lowest BCUT2D eigenvalue weighted by molar-refractivity contribution is -0.123. The number of likely N-dealkylation sites (tertiary alicyclic amines) is 1. The summed E-state index contributed by atoms with van der Waals surface area (Å²) in [5.41, 5.74) is 6.62. The molecule has 7 nitrogen and oxygen atoms in total. The highest BCUT2D eigenvalue weighted by molar-refractivity contribution is 14.0. The number of hydrogen-bond donors (Lipinski definition) is 2. The Bertz CT molecular complexity index is 642. The van der Waals surface area contributed by atoms with Crippen molar-refractivity contribution in [1.29, 1.82) is 0 Å². The van der Waals surface area contributed by atoms with Crippen molar-refractivity contribution in [3.63, 3.8) is 0 Å². The van der Waals surface area contributed by atoms with Crippen LogP contribution >= 0.6 is 39.9 Å². The van der Waals surface area contributed by atoms with Crippen molar-refractivity contribution in [2.75, 3.05) is 40.3 Å². The molecule has 28 heavy (non-hydrogen) atoms. The molecule has 0 spiro atoms. The number of rotatable bonds is 8. The van der Waals surface area contributed by atoms with Gasteiger partial charge < -0.3 is 25.4 Å². The number of amides is 1. The fraction of sp³-hybridized carbons (Fsp3) is 0.684. The maximum atomic E-state index is 11.2. The van der Waals surface area contributed by atoms with E-state index in [0.29, 0.717) is 0 Å². The predicted molar refractivity (Wildman–Crippen MR) is 129 cm³/mol. The minimum Gasteiger partial charge on any atom is -0.369 e. The van der Waals surface area contributed by atoms with Crippen LogP contribution in [-0.4, -0.2) is 66.5 Å². The molecule has 1 aromatic rings. The Morgan fingerprint density at radius 2 is 2.07 bits per heavy atom. The van der Waals surface area contributed by atoms with Gasteiger partial charge in [-0.05, 0) is 67.3 Å². The Morgan fingerprint density at radius 1 is 1.39 bits per heavy atom. The Balaban J connectivity index is 0.00000392. The summed E-state index contributed by atoms with van der Waals surface area (Å²) in [7, 11) is 5.93. The van der Waals surface area contributed by atoms with Crippen molar-refractivity contribution in [1.82, 2.24) is 19.7 Å². The summed E-state index contributed by atoms with van der Waals surface area (Å²) in [5.74, 6) is 0.846. The van der Waals surface area contributed by atoms with Gasteiger partial charge in [-0.25, -0.2) is 0 Å². The van der Waals surface area contributed by atoms with Gasteiger partial charge in [0.1, 0.15) is 0 Å². The van der Waals surface area contributed by atoms with E-state index in [1.54, 1.807) is 0 Å².